The van der Waals surface area contributed by atoms with E-state index in [4.69, 9.17) is 5.73 Å². The van der Waals surface area contributed by atoms with Crippen LogP contribution in [0.5, 0.6) is 0 Å². The summed E-state index contributed by atoms with van der Waals surface area (Å²) in [5.41, 5.74) is 7.93. The van der Waals surface area contributed by atoms with Crippen LogP contribution in [0, 0.1) is 0 Å². The Hall–Kier alpha value is -1.07. The van der Waals surface area contributed by atoms with Crippen LogP contribution in [0.4, 0.5) is 5.82 Å². The number of hydrogen-bond acceptors (Lipinski definition) is 5. The molecule has 0 atom stereocenters. The Morgan fingerprint density at radius 2 is 2.07 bits per heavy atom. The molecule has 0 amide bonds. The van der Waals surface area contributed by atoms with E-state index in [0.29, 0.717) is 5.82 Å². The van der Waals surface area contributed by atoms with Crippen LogP contribution in [0.1, 0.15) is 0 Å². The molecule has 0 bridgehead atoms. The summed E-state index contributed by atoms with van der Waals surface area (Å²) in [4.78, 5) is 3.98. The van der Waals surface area contributed by atoms with E-state index in [1.54, 1.807) is 24.2 Å². The Bertz CT molecular complexity index is 425. The van der Waals surface area contributed by atoms with Crippen molar-refractivity contribution in [2.75, 3.05) is 12.0 Å². The number of rotatable bonds is 2. The van der Waals surface area contributed by atoms with Crippen LogP contribution >= 0.6 is 23.3 Å². The van der Waals surface area contributed by atoms with Gasteiger partial charge in [0.25, 0.3) is 0 Å². The maximum atomic E-state index is 5.81. The molecule has 2 heterocycles. The summed E-state index contributed by atoms with van der Waals surface area (Å²) in [5, 5.41) is 0. The van der Waals surface area contributed by atoms with Gasteiger partial charge in [-0.15, -0.1) is 11.8 Å². The van der Waals surface area contributed by atoms with Crippen molar-refractivity contribution >= 4 is 29.1 Å². The second-order valence-corrected chi connectivity index (χ2v) is 4.52. The van der Waals surface area contributed by atoms with E-state index in [0.717, 1.165) is 15.3 Å². The summed E-state index contributed by atoms with van der Waals surface area (Å²) in [5.74, 6) is 0.602. The van der Waals surface area contributed by atoms with Crippen molar-refractivity contribution in [2.45, 2.75) is 4.21 Å². The number of hydrogen-bond donors (Lipinski definition) is 1. The first-order valence-corrected chi connectivity index (χ1v) is 6.02. The maximum absolute atomic E-state index is 5.81. The number of nitrogen functional groups attached to an aromatic ring is 1. The van der Waals surface area contributed by atoms with Gasteiger partial charge in [0.2, 0.25) is 0 Å². The number of thioether (sulfide) groups is 1. The Morgan fingerprint density at radius 3 is 2.71 bits per heavy atom. The van der Waals surface area contributed by atoms with Gasteiger partial charge in [0.1, 0.15) is 5.82 Å². The average Bonchev–Trinajstić information content (AvgIpc) is 2.61. The van der Waals surface area contributed by atoms with Crippen LogP contribution in [0.3, 0.4) is 0 Å². The van der Waals surface area contributed by atoms with E-state index < -0.39 is 0 Å². The molecular weight excluding hydrogens is 214 g/mol. The Morgan fingerprint density at radius 1 is 1.36 bits per heavy atom. The highest BCUT2D eigenvalue weighted by atomic mass is 32.2. The fourth-order valence-corrected chi connectivity index (χ4v) is 2.63. The van der Waals surface area contributed by atoms with E-state index in [9.17, 15) is 0 Å². The van der Waals surface area contributed by atoms with Crippen LogP contribution in [0.2, 0.25) is 0 Å². The molecular formula is C9H9N3S2. The summed E-state index contributed by atoms with van der Waals surface area (Å²) in [6.45, 7) is 0. The van der Waals surface area contributed by atoms with E-state index in [2.05, 4.69) is 9.36 Å². The molecule has 2 rings (SSSR count). The molecule has 0 aromatic carbocycles. The highest BCUT2D eigenvalue weighted by molar-refractivity contribution is 8.00. The van der Waals surface area contributed by atoms with Crippen LogP contribution in [-0.4, -0.2) is 15.6 Å². The predicted molar refractivity (Wildman–Crippen MR) is 61.5 cm³/mol. The number of nitrogens with zero attached hydrogens (tertiary/aromatic N) is 2. The fourth-order valence-electron chi connectivity index (χ4n) is 1.21. The third-order valence-corrected chi connectivity index (χ3v) is 3.80. The highest BCUT2D eigenvalue weighted by Crippen LogP contribution is 2.37. The van der Waals surface area contributed by atoms with Gasteiger partial charge in [0, 0.05) is 12.4 Å². The zero-order chi connectivity index (χ0) is 9.97. The van der Waals surface area contributed by atoms with Gasteiger partial charge >= 0.3 is 0 Å². The van der Waals surface area contributed by atoms with E-state index in [-0.39, 0.29) is 0 Å². The number of anilines is 1. The van der Waals surface area contributed by atoms with Gasteiger partial charge in [-0.05, 0) is 35.5 Å². The molecule has 0 fully saturated rings. The summed E-state index contributed by atoms with van der Waals surface area (Å²) >= 11 is 3.11. The van der Waals surface area contributed by atoms with Gasteiger partial charge in [-0.1, -0.05) is 0 Å². The molecule has 2 aromatic heterocycles. The molecule has 0 spiro atoms. The first-order chi connectivity index (χ1) is 6.83. The molecule has 2 aromatic rings. The minimum atomic E-state index is 0.602. The van der Waals surface area contributed by atoms with Gasteiger partial charge in [-0.25, -0.2) is 0 Å². The minimum absolute atomic E-state index is 0.602. The molecule has 0 saturated carbocycles. The first kappa shape index (κ1) is 9.48. The normalized spacial score (nSPS) is 10.4. The zero-order valence-corrected chi connectivity index (χ0v) is 9.23. The lowest BCUT2D eigenvalue weighted by Gasteiger charge is -2.00. The van der Waals surface area contributed by atoms with Gasteiger partial charge in [-0.3, -0.25) is 4.98 Å². The Labute approximate surface area is 90.5 Å². The molecule has 0 radical (unpaired) electrons. The number of pyridine rings is 1. The fraction of sp³-hybridized carbons (Fsp3) is 0.111. The molecule has 0 unspecified atom stereocenters. The maximum Gasteiger partial charge on any atom is 0.146 e. The molecule has 72 valence electrons. The Balaban J connectivity index is 2.55. The predicted octanol–water partition coefficient (Wildman–Crippen LogP) is 2.51. The Kier molecular flexibility index (Phi) is 2.69. The molecule has 0 aliphatic rings. The van der Waals surface area contributed by atoms with Gasteiger partial charge < -0.3 is 5.73 Å². The van der Waals surface area contributed by atoms with Crippen molar-refractivity contribution in [1.82, 2.24) is 9.36 Å². The summed E-state index contributed by atoms with van der Waals surface area (Å²) in [7, 11) is 0. The van der Waals surface area contributed by atoms with E-state index in [1.807, 2.05) is 18.4 Å². The van der Waals surface area contributed by atoms with Crippen LogP contribution in [0.15, 0.2) is 28.7 Å². The zero-order valence-electron chi connectivity index (χ0n) is 7.60. The number of nitrogens with two attached hydrogens (primary N) is 1. The van der Waals surface area contributed by atoms with Gasteiger partial charge in [-0.2, -0.15) is 4.37 Å². The molecule has 0 saturated heterocycles. The smallest absolute Gasteiger partial charge is 0.146 e. The van der Waals surface area contributed by atoms with E-state index >= 15 is 0 Å². The third kappa shape index (κ3) is 1.60. The second kappa shape index (κ2) is 3.98. The molecule has 3 nitrogen and oxygen atoms in total. The lowest BCUT2D eigenvalue weighted by Crippen LogP contribution is -1.88. The highest BCUT2D eigenvalue weighted by Gasteiger charge is 2.11. The van der Waals surface area contributed by atoms with Gasteiger partial charge in [0.05, 0.1) is 9.77 Å². The monoisotopic (exact) mass is 223 g/mol. The van der Waals surface area contributed by atoms with Crippen molar-refractivity contribution in [1.29, 1.82) is 0 Å². The van der Waals surface area contributed by atoms with Crippen molar-refractivity contribution in [3.63, 3.8) is 0 Å². The quantitative estimate of drug-likeness (QED) is 0.795. The van der Waals surface area contributed by atoms with Crippen molar-refractivity contribution < 1.29 is 0 Å². The summed E-state index contributed by atoms with van der Waals surface area (Å²) in [6.07, 6.45) is 5.55. The number of aromatic nitrogens is 2. The SMILES string of the molecule is CSc1snc(N)c1-c1ccncc1. The molecule has 0 aliphatic heterocycles. The standard InChI is InChI=1S/C9H9N3S2/c1-13-9-7(8(10)12-14-9)6-2-4-11-5-3-6/h2-5H,1H3,(H2,10,12). The van der Waals surface area contributed by atoms with Crippen LogP contribution in [0.25, 0.3) is 11.1 Å². The van der Waals surface area contributed by atoms with Crippen molar-refractivity contribution in [2.24, 2.45) is 0 Å². The molecule has 2 N–H and O–H groups in total. The largest absolute Gasteiger partial charge is 0.382 e. The first-order valence-electron chi connectivity index (χ1n) is 4.02. The third-order valence-electron chi connectivity index (χ3n) is 1.84. The lowest BCUT2D eigenvalue weighted by atomic mass is 10.1. The van der Waals surface area contributed by atoms with E-state index in [1.165, 1.54) is 11.5 Å². The minimum Gasteiger partial charge on any atom is -0.382 e. The van der Waals surface area contributed by atoms with Crippen molar-refractivity contribution in [3.8, 4) is 11.1 Å². The summed E-state index contributed by atoms with van der Waals surface area (Å²) in [6, 6.07) is 3.89. The van der Waals surface area contributed by atoms with Crippen LogP contribution in [-0.2, 0) is 0 Å². The van der Waals surface area contributed by atoms with Crippen molar-refractivity contribution in [3.05, 3.63) is 24.5 Å². The average molecular weight is 223 g/mol. The molecule has 14 heavy (non-hydrogen) atoms. The topological polar surface area (TPSA) is 51.8 Å². The summed E-state index contributed by atoms with van der Waals surface area (Å²) < 4.78 is 5.29. The van der Waals surface area contributed by atoms with Crippen LogP contribution < -0.4 is 5.73 Å². The lowest BCUT2D eigenvalue weighted by molar-refractivity contribution is 1.33. The van der Waals surface area contributed by atoms with Gasteiger partial charge in [0.15, 0.2) is 0 Å². The molecule has 5 heteroatoms. The second-order valence-electron chi connectivity index (χ2n) is 2.67. The molecule has 0 aliphatic carbocycles.